The van der Waals surface area contributed by atoms with Gasteiger partial charge in [-0.25, -0.2) is 9.18 Å². The number of fused-ring (bicyclic) bond motifs is 2. The monoisotopic (exact) mass is 938 g/mol. The first kappa shape index (κ1) is 47.6. The van der Waals surface area contributed by atoms with Gasteiger partial charge >= 0.3 is 17.9 Å². The molecule has 6 aliphatic rings. The van der Waals surface area contributed by atoms with Crippen molar-refractivity contribution in [2.45, 2.75) is 106 Å². The summed E-state index contributed by atoms with van der Waals surface area (Å²) in [5.41, 5.74) is 1.80. The van der Waals surface area contributed by atoms with E-state index in [1.807, 2.05) is 36.2 Å². The largest absolute Gasteiger partial charge is 0.468 e. The normalized spacial score (nSPS) is 32.3. The van der Waals surface area contributed by atoms with E-state index in [4.69, 9.17) is 18.9 Å². The van der Waals surface area contributed by atoms with Crippen molar-refractivity contribution in [1.29, 1.82) is 0 Å². The molecule has 12 nitrogen and oxygen atoms in total. The van der Waals surface area contributed by atoms with Crippen LogP contribution in [0, 0.1) is 41.8 Å². The average molecular weight is 939 g/mol. The predicted molar refractivity (Wildman–Crippen MR) is 255 cm³/mol. The number of aliphatic hydroxyl groups is 1. The zero-order chi connectivity index (χ0) is 47.7. The fourth-order valence-corrected chi connectivity index (χ4v) is 15.1. The molecule has 1 aromatic heterocycles. The molecule has 14 heteroatoms. The highest BCUT2D eigenvalue weighted by molar-refractivity contribution is 7.98. The van der Waals surface area contributed by atoms with Crippen molar-refractivity contribution in [3.05, 3.63) is 100 Å². The standard InChI is InChI=1S/C53H67FN4O8S/c1-10-32-22-33(28-56(5)27-32)26-52(49(60)64-8,45-30(3)37-23-36(16-17-41(37)55-45)67-29-35-14-12-13-15-40(35)54)39-24-38-42(25-43(39)63-7)57(6)48-51(38)19-21-58-20-18-34(11-2)44(46(51)58)47(66-31(4)59)53(48,62)50(61)65-9/h12-17,22-25,33-34,39,43-44,46-48,55,62H,10-11,18-21,26-29H2,1-9H3/t33-,34+,39?,43?,44?,46+,47-,48-,51-,52+,53-/m1/s1. The Bertz CT molecular complexity index is 2540. The summed E-state index contributed by atoms with van der Waals surface area (Å²) in [5, 5.41) is 14.3. The average Bonchev–Trinajstić information content (AvgIpc) is 3.96. The molecule has 3 unspecified atom stereocenters. The maximum absolute atomic E-state index is 15.6. The Kier molecular flexibility index (Phi) is 12.9. The van der Waals surface area contributed by atoms with E-state index in [-0.39, 0.29) is 29.6 Å². The van der Waals surface area contributed by atoms with Crippen molar-refractivity contribution in [1.82, 2.24) is 19.7 Å². The number of rotatable bonds is 13. The first-order chi connectivity index (χ1) is 32.1. The molecule has 4 fully saturated rings. The number of carbonyl (C=O) groups is 3. The summed E-state index contributed by atoms with van der Waals surface area (Å²) in [4.78, 5) is 54.7. The number of esters is 3. The van der Waals surface area contributed by atoms with Crippen LogP contribution in [0.4, 0.5) is 4.39 Å². The van der Waals surface area contributed by atoms with E-state index < -0.39 is 58.5 Å². The van der Waals surface area contributed by atoms with Gasteiger partial charge in [0.2, 0.25) is 5.60 Å². The Morgan fingerprint density at radius 1 is 1.03 bits per heavy atom. The number of piperidine rings is 1. The van der Waals surface area contributed by atoms with Gasteiger partial charge in [0.15, 0.2) is 0 Å². The number of allylic oxidation sites excluding steroid dienone is 1. The number of nitrogens with one attached hydrogen (secondary N) is 1. The molecule has 5 heterocycles. The van der Waals surface area contributed by atoms with Crippen LogP contribution in [0.5, 0.6) is 0 Å². The lowest BCUT2D eigenvalue weighted by molar-refractivity contribution is -0.238. The van der Waals surface area contributed by atoms with Gasteiger partial charge in [-0.05, 0) is 112 Å². The SMILES string of the molecule is CCC1=C[C@H](C[C@@](C(=O)OC)(c2[nH]c3ccc(SCc4ccccc4F)cc3c2C)C2C=C3C(=CC2OC)N(C)[C@H]2[C@@](O)(C(=O)OC)[C@H](OC(C)=O)C4[C@@H](CC)CCN5CC[C@]32[C@H]45)CN(C)C1. The van der Waals surface area contributed by atoms with E-state index in [1.165, 1.54) is 32.8 Å². The molecule has 2 aromatic carbocycles. The number of aryl methyl sites for hydroxylation is 1. The number of H-pyrrole nitrogens is 1. The minimum Gasteiger partial charge on any atom is -0.468 e. The fraction of sp³-hybridized carbons (Fsp3) is 0.566. The Balaban J connectivity index is 1.27. The number of methoxy groups -OCH3 is 3. The van der Waals surface area contributed by atoms with Gasteiger partial charge < -0.3 is 38.8 Å². The topological polar surface area (TPSA) is 134 Å². The lowest BCUT2D eigenvalue weighted by Crippen LogP contribution is -2.77. The van der Waals surface area contributed by atoms with Crippen LogP contribution < -0.4 is 0 Å². The van der Waals surface area contributed by atoms with Crippen LogP contribution in [0.3, 0.4) is 0 Å². The number of aromatic amines is 1. The molecule has 9 rings (SSSR count). The molecule has 3 saturated heterocycles. The molecule has 1 saturated carbocycles. The van der Waals surface area contributed by atoms with Gasteiger partial charge in [-0.15, -0.1) is 11.8 Å². The molecule has 0 bridgehead atoms. The number of aromatic nitrogens is 1. The van der Waals surface area contributed by atoms with Crippen molar-refractivity contribution in [3.63, 3.8) is 0 Å². The van der Waals surface area contributed by atoms with Crippen LogP contribution in [0.2, 0.25) is 0 Å². The maximum Gasteiger partial charge on any atom is 0.344 e. The second-order valence-electron chi connectivity index (χ2n) is 20.0. The summed E-state index contributed by atoms with van der Waals surface area (Å²) in [7, 11) is 8.43. The zero-order valence-electron chi connectivity index (χ0n) is 40.4. The highest BCUT2D eigenvalue weighted by Gasteiger charge is 2.79. The van der Waals surface area contributed by atoms with Crippen molar-refractivity contribution in [2.24, 2.45) is 29.1 Å². The molecule has 0 amide bonds. The number of thioether (sulfide) groups is 1. The van der Waals surface area contributed by atoms with Gasteiger partial charge in [0, 0.05) is 90.4 Å². The number of likely N-dealkylation sites (N-methyl/N-ethyl adjacent to an activating group) is 2. The summed E-state index contributed by atoms with van der Waals surface area (Å²) < 4.78 is 39.0. The van der Waals surface area contributed by atoms with E-state index in [1.54, 1.807) is 24.9 Å². The van der Waals surface area contributed by atoms with Crippen LogP contribution in [0.1, 0.15) is 69.7 Å². The first-order valence-electron chi connectivity index (χ1n) is 24.0. The molecule has 360 valence electrons. The Hall–Kier alpha value is -4.47. The molecule has 1 spiro atoms. The van der Waals surface area contributed by atoms with E-state index in [2.05, 4.69) is 66.9 Å². The molecular formula is C53H67FN4O8S. The van der Waals surface area contributed by atoms with E-state index in [0.29, 0.717) is 30.7 Å². The number of halogens is 1. The van der Waals surface area contributed by atoms with Crippen LogP contribution >= 0.6 is 11.8 Å². The van der Waals surface area contributed by atoms with Crippen molar-refractivity contribution in [3.8, 4) is 0 Å². The molecule has 2 aliphatic carbocycles. The van der Waals surface area contributed by atoms with Crippen molar-refractivity contribution >= 4 is 40.6 Å². The molecule has 2 N–H and O–H groups in total. The third kappa shape index (κ3) is 7.33. The number of ether oxygens (including phenoxy) is 4. The summed E-state index contributed by atoms with van der Waals surface area (Å²) >= 11 is 1.56. The fourth-order valence-electron chi connectivity index (χ4n) is 14.1. The van der Waals surface area contributed by atoms with Crippen LogP contribution in [0.25, 0.3) is 10.9 Å². The Morgan fingerprint density at radius 3 is 2.49 bits per heavy atom. The zero-order valence-corrected chi connectivity index (χ0v) is 41.2. The number of hydrogen-bond donors (Lipinski definition) is 2. The highest BCUT2D eigenvalue weighted by Crippen LogP contribution is 2.68. The first-order valence-corrected chi connectivity index (χ1v) is 25.0. The van der Waals surface area contributed by atoms with Crippen molar-refractivity contribution < 1.29 is 42.8 Å². The molecule has 67 heavy (non-hydrogen) atoms. The summed E-state index contributed by atoms with van der Waals surface area (Å²) in [6.45, 7) is 10.8. The van der Waals surface area contributed by atoms with E-state index in [9.17, 15) is 19.1 Å². The number of nitrogens with zero attached hydrogens (tertiary/aromatic N) is 3. The van der Waals surface area contributed by atoms with Gasteiger partial charge in [-0.3, -0.25) is 14.5 Å². The molecule has 0 radical (unpaired) electrons. The Labute approximate surface area is 398 Å². The molecular weight excluding hydrogens is 872 g/mol. The minimum atomic E-state index is -2.24. The van der Waals surface area contributed by atoms with E-state index >= 15 is 4.79 Å². The third-order valence-electron chi connectivity index (χ3n) is 16.8. The molecule has 4 aliphatic heterocycles. The number of likely N-dealkylation sites (tertiary alicyclic amines) is 1. The van der Waals surface area contributed by atoms with Gasteiger partial charge in [0.05, 0.1) is 26.4 Å². The van der Waals surface area contributed by atoms with Crippen LogP contribution in [-0.2, 0) is 44.5 Å². The van der Waals surface area contributed by atoms with Gasteiger partial charge in [0.25, 0.3) is 0 Å². The lowest BCUT2D eigenvalue weighted by atomic mass is 9.50. The lowest BCUT2D eigenvalue weighted by Gasteiger charge is -2.61. The third-order valence-corrected chi connectivity index (χ3v) is 17.8. The quantitative estimate of drug-likeness (QED) is 0.0770. The molecule has 3 aromatic rings. The minimum absolute atomic E-state index is 0.0393. The molecule has 11 atom stereocenters. The second kappa shape index (κ2) is 18.1. The van der Waals surface area contributed by atoms with E-state index in [0.717, 1.165) is 77.2 Å². The number of hydrogen-bond acceptors (Lipinski definition) is 12. The summed E-state index contributed by atoms with van der Waals surface area (Å²) in [5.74, 6) is -2.59. The highest BCUT2D eigenvalue weighted by atomic mass is 32.2. The summed E-state index contributed by atoms with van der Waals surface area (Å²) in [6.07, 6.45) is 8.36. The van der Waals surface area contributed by atoms with Crippen LogP contribution in [-0.4, -0.2) is 134 Å². The number of benzene rings is 2. The Morgan fingerprint density at radius 2 is 1.81 bits per heavy atom. The predicted octanol–water partition coefficient (Wildman–Crippen LogP) is 7.33. The van der Waals surface area contributed by atoms with Crippen LogP contribution in [0.15, 0.2) is 82.4 Å². The van der Waals surface area contributed by atoms with Gasteiger partial charge in [0.1, 0.15) is 17.3 Å². The van der Waals surface area contributed by atoms with Gasteiger partial charge in [-0.1, -0.05) is 56.2 Å². The van der Waals surface area contributed by atoms with Gasteiger partial charge in [-0.2, -0.15) is 0 Å². The van der Waals surface area contributed by atoms with Crippen molar-refractivity contribution in [2.75, 3.05) is 61.6 Å². The smallest absolute Gasteiger partial charge is 0.344 e. The summed E-state index contributed by atoms with van der Waals surface area (Å²) in [6, 6.07) is 12.0. The maximum atomic E-state index is 15.6. The number of carbonyl (C=O) groups excluding carboxylic acids is 3. The second-order valence-corrected chi connectivity index (χ2v) is 21.1.